The summed E-state index contributed by atoms with van der Waals surface area (Å²) in [7, 11) is 0. The molecule has 3 rings (SSSR count). The van der Waals surface area contributed by atoms with Gasteiger partial charge in [0.2, 0.25) is 0 Å². The number of para-hydroxylation sites is 1. The van der Waals surface area contributed by atoms with Gasteiger partial charge >= 0.3 is 0 Å². The van der Waals surface area contributed by atoms with E-state index >= 15 is 0 Å². The van der Waals surface area contributed by atoms with E-state index in [0.29, 0.717) is 24.2 Å². The van der Waals surface area contributed by atoms with Crippen LogP contribution < -0.4 is 5.56 Å². The average Bonchev–Trinajstić information content (AvgIpc) is 2.37. The molecule has 20 heavy (non-hydrogen) atoms. The fraction of sp³-hybridized carbons (Fsp3) is 0.312. The zero-order chi connectivity index (χ0) is 14.3. The third-order valence-corrected chi connectivity index (χ3v) is 3.58. The lowest BCUT2D eigenvalue weighted by molar-refractivity contribution is 0.0903. The van der Waals surface area contributed by atoms with Gasteiger partial charge in [0.1, 0.15) is 5.69 Å². The van der Waals surface area contributed by atoms with E-state index in [9.17, 15) is 9.59 Å². The summed E-state index contributed by atoms with van der Waals surface area (Å²) < 4.78 is 1.30. The summed E-state index contributed by atoms with van der Waals surface area (Å²) in [5.74, 6) is 0.0148. The molecule has 0 N–H and O–H groups in total. The van der Waals surface area contributed by atoms with Crippen LogP contribution in [0.25, 0.3) is 5.69 Å². The third kappa shape index (κ3) is 2.18. The Morgan fingerprint density at radius 2 is 1.80 bits per heavy atom. The van der Waals surface area contributed by atoms with E-state index in [2.05, 4.69) is 5.10 Å². The van der Waals surface area contributed by atoms with Gasteiger partial charge in [-0.2, -0.15) is 9.78 Å². The Bertz CT molecular complexity index is 730. The van der Waals surface area contributed by atoms with Gasteiger partial charge in [-0.25, -0.2) is 0 Å². The topological polar surface area (TPSA) is 52.0 Å². The van der Waals surface area contributed by atoms with Crippen LogP contribution in [0.2, 0.25) is 0 Å². The number of hydrogen-bond donors (Lipinski definition) is 0. The van der Waals surface area contributed by atoms with Crippen molar-refractivity contribution >= 4 is 5.78 Å². The molecular formula is C16H16N2O2. The van der Waals surface area contributed by atoms with Gasteiger partial charge < -0.3 is 0 Å². The van der Waals surface area contributed by atoms with E-state index in [1.165, 1.54) is 4.68 Å². The lowest BCUT2D eigenvalue weighted by atomic mass is 9.75. The van der Waals surface area contributed by atoms with Crippen molar-refractivity contribution in [2.45, 2.75) is 26.7 Å². The summed E-state index contributed by atoms with van der Waals surface area (Å²) in [5, 5.41) is 4.28. The van der Waals surface area contributed by atoms with E-state index in [0.717, 1.165) is 5.56 Å². The van der Waals surface area contributed by atoms with Crippen LogP contribution in [0.15, 0.2) is 41.2 Å². The smallest absolute Gasteiger partial charge is 0.271 e. The maximum absolute atomic E-state index is 12.2. The van der Waals surface area contributed by atoms with E-state index in [4.69, 9.17) is 0 Å². The van der Waals surface area contributed by atoms with E-state index < -0.39 is 0 Å². The molecule has 0 fully saturated rings. The first-order chi connectivity index (χ1) is 9.46. The molecule has 1 aromatic heterocycles. The number of aromatic nitrogens is 2. The molecule has 2 aromatic rings. The van der Waals surface area contributed by atoms with Gasteiger partial charge in [-0.3, -0.25) is 9.59 Å². The van der Waals surface area contributed by atoms with E-state index in [-0.39, 0.29) is 16.8 Å². The fourth-order valence-corrected chi connectivity index (χ4v) is 2.71. The number of carbonyl (C=O) groups excluding carboxylic acids is 1. The van der Waals surface area contributed by atoms with Crippen molar-refractivity contribution in [3.8, 4) is 5.69 Å². The predicted octanol–water partition coefficient (Wildman–Crippen LogP) is 2.39. The number of rotatable bonds is 1. The van der Waals surface area contributed by atoms with Crippen LogP contribution in [-0.4, -0.2) is 15.6 Å². The normalized spacial score (nSPS) is 16.8. The maximum atomic E-state index is 12.2. The highest BCUT2D eigenvalue weighted by Gasteiger charge is 2.32. The summed E-state index contributed by atoms with van der Waals surface area (Å²) in [6, 6.07) is 10.7. The van der Waals surface area contributed by atoms with Crippen LogP contribution in [0.1, 0.15) is 36.3 Å². The summed E-state index contributed by atoms with van der Waals surface area (Å²) in [4.78, 5) is 24.4. The van der Waals surface area contributed by atoms with Crippen LogP contribution in [0.4, 0.5) is 0 Å². The van der Waals surface area contributed by atoms with Gasteiger partial charge in [0, 0.05) is 12.5 Å². The van der Waals surface area contributed by atoms with E-state index in [1.54, 1.807) is 18.2 Å². The Balaban J connectivity index is 2.17. The molecule has 0 bridgehead atoms. The van der Waals surface area contributed by atoms with Crippen LogP contribution >= 0.6 is 0 Å². The number of ketones is 1. The highest BCUT2D eigenvalue weighted by molar-refractivity contribution is 5.97. The maximum Gasteiger partial charge on any atom is 0.271 e. The first kappa shape index (κ1) is 12.8. The molecule has 102 valence electrons. The zero-order valence-corrected chi connectivity index (χ0v) is 11.6. The Labute approximate surface area is 117 Å². The highest BCUT2D eigenvalue weighted by Crippen LogP contribution is 2.33. The molecule has 1 aliphatic carbocycles. The molecule has 0 unspecified atom stereocenters. The second-order valence-electron chi connectivity index (χ2n) is 6.04. The van der Waals surface area contributed by atoms with Crippen LogP contribution in [0.5, 0.6) is 0 Å². The largest absolute Gasteiger partial charge is 0.292 e. The highest BCUT2D eigenvalue weighted by atomic mass is 16.1. The molecule has 0 spiro atoms. The molecule has 0 saturated heterocycles. The Hall–Kier alpha value is -2.23. The quantitative estimate of drug-likeness (QED) is 0.798. The third-order valence-electron chi connectivity index (χ3n) is 3.58. The van der Waals surface area contributed by atoms with Gasteiger partial charge in [0.05, 0.1) is 5.69 Å². The Morgan fingerprint density at radius 3 is 2.50 bits per heavy atom. The Morgan fingerprint density at radius 1 is 1.10 bits per heavy atom. The molecule has 4 heteroatoms. The van der Waals surface area contributed by atoms with Gasteiger partial charge in [-0.05, 0) is 29.5 Å². The summed E-state index contributed by atoms with van der Waals surface area (Å²) in [5.41, 5.74) is 1.59. The number of nitrogens with zero attached hydrogens (tertiary/aromatic N) is 2. The van der Waals surface area contributed by atoms with Gasteiger partial charge in [0.25, 0.3) is 5.56 Å². The molecule has 1 aliphatic rings. The molecule has 0 aliphatic heterocycles. The van der Waals surface area contributed by atoms with Gasteiger partial charge in [0.15, 0.2) is 5.78 Å². The van der Waals surface area contributed by atoms with Crippen LogP contribution in [0, 0.1) is 5.41 Å². The van der Waals surface area contributed by atoms with Crippen molar-refractivity contribution in [1.29, 1.82) is 0 Å². The molecule has 0 amide bonds. The van der Waals surface area contributed by atoms with Gasteiger partial charge in [-0.1, -0.05) is 32.0 Å². The minimum absolute atomic E-state index is 0.0148. The van der Waals surface area contributed by atoms with Crippen LogP contribution in [0.3, 0.4) is 0 Å². The predicted molar refractivity (Wildman–Crippen MR) is 76.3 cm³/mol. The first-order valence-corrected chi connectivity index (χ1v) is 6.68. The van der Waals surface area contributed by atoms with Crippen LogP contribution in [-0.2, 0) is 6.42 Å². The number of carbonyl (C=O) groups is 1. The van der Waals surface area contributed by atoms with Crippen molar-refractivity contribution < 1.29 is 4.79 Å². The Kier molecular flexibility index (Phi) is 2.82. The standard InChI is InChI=1S/C16H16N2O2/c1-16(2)9-11-8-14(20)18(12-6-4-3-5-7-12)17-15(11)13(19)10-16/h3-8H,9-10H2,1-2H3. The number of hydrogen-bond acceptors (Lipinski definition) is 3. The second kappa shape index (κ2) is 4.40. The average molecular weight is 268 g/mol. The number of benzene rings is 1. The van der Waals surface area contributed by atoms with Crippen molar-refractivity contribution in [3.05, 3.63) is 58.0 Å². The second-order valence-corrected chi connectivity index (χ2v) is 6.04. The van der Waals surface area contributed by atoms with Crippen molar-refractivity contribution in [2.75, 3.05) is 0 Å². The molecule has 0 atom stereocenters. The zero-order valence-electron chi connectivity index (χ0n) is 11.6. The SMILES string of the molecule is CC1(C)CC(=O)c2nn(-c3ccccc3)c(=O)cc2C1. The summed E-state index contributed by atoms with van der Waals surface area (Å²) in [6.45, 7) is 4.08. The molecule has 4 nitrogen and oxygen atoms in total. The summed E-state index contributed by atoms with van der Waals surface area (Å²) >= 11 is 0. The van der Waals surface area contributed by atoms with E-state index in [1.807, 2.05) is 32.0 Å². The molecule has 0 saturated carbocycles. The first-order valence-electron chi connectivity index (χ1n) is 6.68. The molecule has 1 aromatic carbocycles. The number of fused-ring (bicyclic) bond motifs is 1. The monoisotopic (exact) mass is 268 g/mol. The van der Waals surface area contributed by atoms with Gasteiger partial charge in [-0.15, -0.1) is 0 Å². The molecule has 1 heterocycles. The molecule has 0 radical (unpaired) electrons. The number of Topliss-reactive ketones (excluding diaryl/α,β-unsaturated/α-hetero) is 1. The molecular weight excluding hydrogens is 252 g/mol. The lowest BCUT2D eigenvalue weighted by Crippen LogP contribution is -2.33. The lowest BCUT2D eigenvalue weighted by Gasteiger charge is -2.29. The van der Waals surface area contributed by atoms with Crippen molar-refractivity contribution in [1.82, 2.24) is 9.78 Å². The minimum Gasteiger partial charge on any atom is -0.292 e. The van der Waals surface area contributed by atoms with Crippen molar-refractivity contribution in [2.24, 2.45) is 5.41 Å². The van der Waals surface area contributed by atoms with Crippen molar-refractivity contribution in [3.63, 3.8) is 0 Å². The fourth-order valence-electron chi connectivity index (χ4n) is 2.71. The minimum atomic E-state index is -0.194. The summed E-state index contributed by atoms with van der Waals surface area (Å²) in [6.07, 6.45) is 1.19.